The molecule has 0 bridgehead atoms. The molecular weight excluding hydrogens is 1800 g/mol. The molecule has 0 spiro atoms. The molecule has 4 aromatic heterocycles. The molecule has 12 aromatic rings. The summed E-state index contributed by atoms with van der Waals surface area (Å²) in [7, 11) is -10.2. The zero-order valence-corrected chi connectivity index (χ0v) is 75.1. The summed E-state index contributed by atoms with van der Waals surface area (Å²) in [5.41, 5.74) is 19.2. The smallest absolute Gasteiger partial charge is 0.323 e. The molecule has 12 heterocycles. The summed E-state index contributed by atoms with van der Waals surface area (Å²) in [5.74, 6) is -0.239. The molecule has 0 amide bonds. The van der Waals surface area contributed by atoms with Crippen LogP contribution in [0.5, 0.6) is 34.5 Å². The summed E-state index contributed by atoms with van der Waals surface area (Å²) < 4.78 is 72.9. The summed E-state index contributed by atoms with van der Waals surface area (Å²) in [6.07, 6.45) is 12.0. The number of fused-ring (bicyclic) bond motifs is 24. The third kappa shape index (κ3) is 17.8. The first-order valence-electron chi connectivity index (χ1n) is 40.7. The number of thiazole rings is 2. The molecule has 4 atom stereocenters. The standard InChI is InChI=1S/C23H22N2O3S.C23H22N2O3Se.C22H21N2O7PS.C22H21N2O7PSe/c2*1-3-24(13-22(26)27)16-6-5-15-11-17-19(28-20(15)12-16)8-9-25-18-7-4-14(2)10-21(18)29-23(17)25;2*1-2-23(12-21(25)26)14-4-3-13-9-16-18(30-19(13)10-14)7-8-24-17-6-5-15(31-32(27,28)29)11-20(17)33-22(16)24/h2*4-7,10-12,19H,3,8-9,13H2,1-2H3;2*3-6,9-11,18H,2,7-8,12H2,1H3,(H2-,25,26,27,28,29). The number of aromatic nitrogens is 4. The second kappa shape index (κ2) is 34.9. The maximum Gasteiger partial charge on any atom is 0.323 e. The van der Waals surface area contributed by atoms with Crippen LogP contribution in [0.15, 0.2) is 146 Å². The number of ether oxygens (including phenoxy) is 4. The summed E-state index contributed by atoms with van der Waals surface area (Å²) in [5, 5.41) is 38.9. The molecule has 0 saturated heterocycles. The molecule has 0 aliphatic carbocycles. The van der Waals surface area contributed by atoms with Gasteiger partial charge in [-0.3, -0.25) is 9.59 Å². The molecule has 20 rings (SSSR count). The van der Waals surface area contributed by atoms with Crippen molar-refractivity contribution in [1.29, 1.82) is 0 Å². The molecule has 0 fully saturated rings. The summed E-state index contributed by atoms with van der Waals surface area (Å²) >= 11 is 3.52. The number of carboxylic acid groups (broad SMARTS) is 4. The SMILES string of the molecule is CCN(CC(=O)O)c1ccc2c(c1)OC1CC[n+]3c([se]c4cc(C)ccc43)C1=C2.CCN(CC(=O)O)c1ccc2c(c1)OC1CC[n+]3c([se]c4cc(OP(=O)([O-])[O-])ccc43)C1=C2.CCN(CC(=O)O)c1ccc2c(c1)OC1CC[n+]3c(sc4cc(C)ccc43)C1=C2.CCN(CC(=O)O)c1ccc2c(c1)OC1CC[n+]3c(sc4cc(OP(=O)([O-])[O-])ccc43)C1=C2. The van der Waals surface area contributed by atoms with Gasteiger partial charge in [-0.1, -0.05) is 28.7 Å². The van der Waals surface area contributed by atoms with Crippen molar-refractivity contribution in [2.24, 2.45) is 0 Å². The number of aliphatic carboxylic acids is 4. The van der Waals surface area contributed by atoms with E-state index in [1.54, 1.807) is 34.1 Å². The fourth-order valence-corrected chi connectivity index (χ4v) is 26.0. The van der Waals surface area contributed by atoms with Gasteiger partial charge in [-0.25, -0.2) is 0 Å². The van der Waals surface area contributed by atoms with E-state index in [2.05, 4.69) is 108 Å². The van der Waals surface area contributed by atoms with E-state index in [4.69, 9.17) is 39.4 Å². The molecular formula is C90H86N8O20P2S2Se2. The van der Waals surface area contributed by atoms with Crippen LogP contribution in [0.4, 0.5) is 22.7 Å². The first-order chi connectivity index (χ1) is 59.5. The number of benzene rings is 8. The number of likely N-dealkylation sites (N-methyl/N-ethyl adjacent to an activating group) is 4. The van der Waals surface area contributed by atoms with E-state index >= 15 is 0 Å². The largest absolute Gasteiger partial charge is 0.780 e. The molecule has 124 heavy (non-hydrogen) atoms. The minimum absolute atomic E-state index is 0.000156. The van der Waals surface area contributed by atoms with Crippen LogP contribution in [0.25, 0.3) is 86.6 Å². The number of hydrogen-bond donors (Lipinski definition) is 4. The maximum atomic E-state index is 11.2. The Labute approximate surface area is 732 Å². The van der Waals surface area contributed by atoms with Crippen molar-refractivity contribution in [3.63, 3.8) is 0 Å². The van der Waals surface area contributed by atoms with Crippen LogP contribution in [0.2, 0.25) is 0 Å². The third-order valence-electron chi connectivity index (χ3n) is 22.9. The number of anilines is 4. The van der Waals surface area contributed by atoms with Gasteiger partial charge in [-0.15, -0.1) is 0 Å². The van der Waals surface area contributed by atoms with Crippen molar-refractivity contribution in [3.8, 4) is 34.5 Å². The minimum Gasteiger partial charge on any atom is -0.780 e. The number of aryl methyl sites for hydroxylation is 6. The molecule has 0 saturated carbocycles. The van der Waals surface area contributed by atoms with Crippen molar-refractivity contribution in [3.05, 3.63) is 198 Å². The fraction of sp³-hybridized carbons (Fsp3) is 0.289. The average molecular weight is 1880 g/mol. The molecule has 4 N–H and O–H groups in total. The Kier molecular flexibility index (Phi) is 24.0. The zero-order chi connectivity index (χ0) is 86.9. The Morgan fingerprint density at radius 1 is 0.403 bits per heavy atom. The van der Waals surface area contributed by atoms with E-state index in [1.165, 1.54) is 75.3 Å². The number of phosphoric acid groups is 2. The summed E-state index contributed by atoms with van der Waals surface area (Å²) in [6, 6.07) is 46.6. The Bertz CT molecular complexity index is 6190. The molecule has 640 valence electrons. The van der Waals surface area contributed by atoms with E-state index < -0.39 is 39.5 Å². The van der Waals surface area contributed by atoms with Gasteiger partial charge in [0.2, 0.25) is 11.0 Å². The molecule has 4 unspecified atom stereocenters. The predicted molar refractivity (Wildman–Crippen MR) is 468 cm³/mol. The van der Waals surface area contributed by atoms with Crippen LogP contribution in [0.1, 0.15) is 106 Å². The first-order valence-corrected chi connectivity index (χ1v) is 48.7. The number of rotatable bonds is 20. The van der Waals surface area contributed by atoms with Crippen LogP contribution in [-0.2, 0) is 54.5 Å². The number of carbonyl (C=O) groups is 4. The fourth-order valence-electron chi connectivity index (χ4n) is 17.2. The topological polar surface area (TPSA) is 359 Å². The van der Waals surface area contributed by atoms with Gasteiger partial charge in [-0.2, -0.15) is 9.13 Å². The third-order valence-corrected chi connectivity index (χ3v) is 31.2. The van der Waals surface area contributed by atoms with E-state index in [-0.39, 0.29) is 76.6 Å². The van der Waals surface area contributed by atoms with Gasteiger partial charge in [0.05, 0.1) is 11.1 Å². The quantitative estimate of drug-likeness (QED) is 0.0313. The van der Waals surface area contributed by atoms with E-state index in [1.807, 2.05) is 116 Å². The predicted octanol–water partition coefficient (Wildman–Crippen LogP) is 10.2. The van der Waals surface area contributed by atoms with Gasteiger partial charge in [0.25, 0.3) is 10.0 Å². The maximum absolute atomic E-state index is 11.2. The van der Waals surface area contributed by atoms with Crippen LogP contribution >= 0.6 is 38.3 Å². The second-order valence-electron chi connectivity index (χ2n) is 31.0. The van der Waals surface area contributed by atoms with Gasteiger partial charge in [-0.05, 0) is 74.9 Å². The van der Waals surface area contributed by atoms with Gasteiger partial charge in [0, 0.05) is 78.8 Å². The molecule has 8 aromatic carbocycles. The van der Waals surface area contributed by atoms with Crippen molar-refractivity contribution < 1.29 is 115 Å². The van der Waals surface area contributed by atoms with Crippen molar-refractivity contribution >= 4 is 201 Å². The molecule has 0 radical (unpaired) electrons. The Morgan fingerprint density at radius 2 is 0.710 bits per heavy atom. The van der Waals surface area contributed by atoms with E-state index in [0.29, 0.717) is 47.2 Å². The second-order valence-corrected chi connectivity index (χ2v) is 39.6. The molecule has 34 heteroatoms. The van der Waals surface area contributed by atoms with Crippen molar-refractivity contribution in [1.82, 2.24) is 0 Å². The van der Waals surface area contributed by atoms with Crippen LogP contribution in [0.3, 0.4) is 0 Å². The van der Waals surface area contributed by atoms with Gasteiger partial charge < -0.3 is 48.4 Å². The normalized spacial score (nSPS) is 16.9. The van der Waals surface area contributed by atoms with Gasteiger partial charge in [0.1, 0.15) is 59.8 Å². The van der Waals surface area contributed by atoms with Crippen molar-refractivity contribution in [2.45, 2.75) is 118 Å². The zero-order valence-electron chi connectivity index (χ0n) is 68.2. The monoisotopic (exact) mass is 1880 g/mol. The Balaban J connectivity index is 0.000000117. The first kappa shape index (κ1) is 85.2. The van der Waals surface area contributed by atoms with E-state index in [9.17, 15) is 47.9 Å². The molecule has 28 nitrogen and oxygen atoms in total. The number of nitrogens with zero attached hydrogens (tertiary/aromatic N) is 8. The average Bonchev–Trinajstić information content (AvgIpc) is 1.60. The Hall–Kier alpha value is -10.9. The van der Waals surface area contributed by atoms with Crippen LogP contribution in [-0.4, -0.2) is 150 Å². The molecule has 8 aliphatic heterocycles. The van der Waals surface area contributed by atoms with Gasteiger partial charge in [0.15, 0.2) is 13.1 Å². The Morgan fingerprint density at radius 3 is 1.07 bits per heavy atom. The van der Waals surface area contributed by atoms with Crippen molar-refractivity contribution in [2.75, 3.05) is 72.0 Å². The minimum atomic E-state index is -5.12. The number of hydrogen-bond acceptors (Lipinski definition) is 22. The summed E-state index contributed by atoms with van der Waals surface area (Å²) in [6.45, 7) is 17.7. The van der Waals surface area contributed by atoms with Crippen LogP contribution < -0.4 is 85.4 Å². The summed E-state index contributed by atoms with van der Waals surface area (Å²) in [4.78, 5) is 95.7. The molecule has 8 aliphatic rings. The van der Waals surface area contributed by atoms with Crippen LogP contribution in [0, 0.1) is 13.8 Å². The van der Waals surface area contributed by atoms with Gasteiger partial charge >= 0.3 is 383 Å². The van der Waals surface area contributed by atoms with E-state index in [0.717, 1.165) is 154 Å². The number of phosphoric ester groups is 2. The number of carboxylic acids is 4.